The van der Waals surface area contributed by atoms with Gasteiger partial charge in [0.05, 0.1) is 5.69 Å². The number of nitrogens with one attached hydrogen (secondary N) is 2. The SMILES string of the molecule is Cc1ccc(N2CCC(C3NNCC3c3ccccc3C)CC2)nn1. The Hall–Kier alpha value is -1.98. The summed E-state index contributed by atoms with van der Waals surface area (Å²) in [7, 11) is 0. The predicted molar refractivity (Wildman–Crippen MR) is 101 cm³/mol. The molecule has 2 saturated heterocycles. The third-order valence-electron chi connectivity index (χ3n) is 5.77. The average molecular weight is 337 g/mol. The van der Waals surface area contributed by atoms with Crippen molar-refractivity contribution in [3.8, 4) is 0 Å². The molecular formula is C20H27N5. The molecule has 2 aliphatic rings. The van der Waals surface area contributed by atoms with Crippen molar-refractivity contribution in [1.29, 1.82) is 0 Å². The number of aryl methyl sites for hydroxylation is 2. The number of rotatable bonds is 3. The molecule has 5 heteroatoms. The first kappa shape index (κ1) is 16.5. The first-order valence-electron chi connectivity index (χ1n) is 9.31. The second kappa shape index (κ2) is 7.10. The van der Waals surface area contributed by atoms with Crippen LogP contribution in [-0.4, -0.2) is 35.9 Å². The van der Waals surface area contributed by atoms with Crippen molar-refractivity contribution in [1.82, 2.24) is 21.0 Å². The van der Waals surface area contributed by atoms with Gasteiger partial charge in [-0.2, -0.15) is 5.10 Å². The summed E-state index contributed by atoms with van der Waals surface area (Å²) in [5, 5.41) is 8.54. The molecule has 132 valence electrons. The molecule has 2 unspecified atom stereocenters. The summed E-state index contributed by atoms with van der Waals surface area (Å²) in [5.41, 5.74) is 10.8. The van der Waals surface area contributed by atoms with Gasteiger partial charge in [0.25, 0.3) is 0 Å². The van der Waals surface area contributed by atoms with Gasteiger partial charge in [0.15, 0.2) is 5.82 Å². The van der Waals surface area contributed by atoms with E-state index in [1.807, 2.05) is 13.0 Å². The summed E-state index contributed by atoms with van der Waals surface area (Å²) >= 11 is 0. The minimum Gasteiger partial charge on any atom is -0.355 e. The molecule has 2 N–H and O–H groups in total. The lowest BCUT2D eigenvalue weighted by Crippen LogP contribution is -2.44. The van der Waals surface area contributed by atoms with Crippen LogP contribution in [0.5, 0.6) is 0 Å². The van der Waals surface area contributed by atoms with Gasteiger partial charge in [-0.3, -0.25) is 10.9 Å². The van der Waals surface area contributed by atoms with Gasteiger partial charge in [0.1, 0.15) is 0 Å². The summed E-state index contributed by atoms with van der Waals surface area (Å²) in [5.74, 6) is 2.25. The van der Waals surface area contributed by atoms with Crippen LogP contribution >= 0.6 is 0 Å². The lowest BCUT2D eigenvalue weighted by atomic mass is 9.79. The summed E-state index contributed by atoms with van der Waals surface area (Å²) in [6, 6.07) is 13.5. The van der Waals surface area contributed by atoms with Crippen LogP contribution in [0.4, 0.5) is 5.82 Å². The van der Waals surface area contributed by atoms with Crippen LogP contribution in [0.1, 0.15) is 35.6 Å². The molecule has 3 heterocycles. The summed E-state index contributed by atoms with van der Waals surface area (Å²) in [6.07, 6.45) is 2.38. The molecular weight excluding hydrogens is 310 g/mol. The van der Waals surface area contributed by atoms with Crippen LogP contribution in [0.3, 0.4) is 0 Å². The summed E-state index contributed by atoms with van der Waals surface area (Å²) in [4.78, 5) is 2.37. The number of hydrogen-bond acceptors (Lipinski definition) is 5. The van der Waals surface area contributed by atoms with E-state index in [-0.39, 0.29) is 0 Å². The van der Waals surface area contributed by atoms with E-state index in [1.165, 1.54) is 24.0 Å². The highest BCUT2D eigenvalue weighted by Crippen LogP contribution is 2.34. The lowest BCUT2D eigenvalue weighted by molar-refractivity contribution is 0.295. The number of nitrogens with zero attached hydrogens (tertiary/aromatic N) is 3. The van der Waals surface area contributed by atoms with Gasteiger partial charge in [-0.25, -0.2) is 0 Å². The first-order valence-corrected chi connectivity index (χ1v) is 9.31. The topological polar surface area (TPSA) is 53.1 Å². The number of piperidine rings is 1. The zero-order valence-corrected chi connectivity index (χ0v) is 15.1. The van der Waals surface area contributed by atoms with Crippen molar-refractivity contribution in [3.05, 3.63) is 53.2 Å². The predicted octanol–water partition coefficient (Wildman–Crippen LogP) is 2.57. The van der Waals surface area contributed by atoms with E-state index in [0.717, 1.165) is 31.1 Å². The highest BCUT2D eigenvalue weighted by Gasteiger charge is 2.36. The quantitative estimate of drug-likeness (QED) is 0.902. The van der Waals surface area contributed by atoms with Crippen molar-refractivity contribution in [2.24, 2.45) is 5.92 Å². The van der Waals surface area contributed by atoms with Crippen LogP contribution < -0.4 is 15.8 Å². The maximum Gasteiger partial charge on any atom is 0.151 e. The standard InChI is InChI=1S/C20H27N5/c1-14-5-3-4-6-17(14)18-13-21-24-20(18)16-9-11-25(12-10-16)19-8-7-15(2)22-23-19/h3-8,16,18,20-21,24H,9-13H2,1-2H3. The van der Waals surface area contributed by atoms with Crippen LogP contribution in [0.2, 0.25) is 0 Å². The third-order valence-corrected chi connectivity index (χ3v) is 5.77. The summed E-state index contributed by atoms with van der Waals surface area (Å²) in [6.45, 7) is 7.33. The van der Waals surface area contributed by atoms with Crippen molar-refractivity contribution in [3.63, 3.8) is 0 Å². The van der Waals surface area contributed by atoms with E-state index in [1.54, 1.807) is 0 Å². The number of hydrazine groups is 1. The smallest absolute Gasteiger partial charge is 0.151 e. The Balaban J connectivity index is 1.43. The van der Waals surface area contributed by atoms with Crippen LogP contribution in [-0.2, 0) is 0 Å². The van der Waals surface area contributed by atoms with Gasteiger partial charge in [0.2, 0.25) is 0 Å². The molecule has 0 bridgehead atoms. The molecule has 2 atom stereocenters. The van der Waals surface area contributed by atoms with E-state index in [2.05, 4.69) is 63.2 Å². The molecule has 1 aromatic carbocycles. The molecule has 4 rings (SSSR count). The lowest BCUT2D eigenvalue weighted by Gasteiger charge is -2.37. The van der Waals surface area contributed by atoms with Crippen molar-refractivity contribution in [2.45, 2.75) is 38.6 Å². The Labute approximate surface area is 149 Å². The monoisotopic (exact) mass is 337 g/mol. The number of anilines is 1. The molecule has 2 aromatic rings. The fourth-order valence-electron chi connectivity index (χ4n) is 4.32. The zero-order chi connectivity index (χ0) is 17.2. The minimum atomic E-state index is 0.507. The molecule has 0 saturated carbocycles. The van der Waals surface area contributed by atoms with E-state index in [9.17, 15) is 0 Å². The minimum absolute atomic E-state index is 0.507. The highest BCUT2D eigenvalue weighted by molar-refractivity contribution is 5.38. The normalized spacial score (nSPS) is 24.6. The van der Waals surface area contributed by atoms with E-state index < -0.39 is 0 Å². The number of hydrogen-bond donors (Lipinski definition) is 2. The average Bonchev–Trinajstić information content (AvgIpc) is 3.12. The van der Waals surface area contributed by atoms with E-state index in [4.69, 9.17) is 0 Å². The molecule has 2 fully saturated rings. The van der Waals surface area contributed by atoms with E-state index >= 15 is 0 Å². The molecule has 0 radical (unpaired) electrons. The van der Waals surface area contributed by atoms with Crippen LogP contribution in [0, 0.1) is 19.8 Å². The number of benzene rings is 1. The van der Waals surface area contributed by atoms with Gasteiger partial charge >= 0.3 is 0 Å². The van der Waals surface area contributed by atoms with E-state index in [0.29, 0.717) is 17.9 Å². The molecule has 5 nitrogen and oxygen atoms in total. The molecule has 25 heavy (non-hydrogen) atoms. The molecule has 1 aromatic heterocycles. The second-order valence-corrected chi connectivity index (χ2v) is 7.37. The van der Waals surface area contributed by atoms with Crippen molar-refractivity contribution in [2.75, 3.05) is 24.5 Å². The zero-order valence-electron chi connectivity index (χ0n) is 15.1. The van der Waals surface area contributed by atoms with Crippen LogP contribution in [0.25, 0.3) is 0 Å². The number of aromatic nitrogens is 2. The van der Waals surface area contributed by atoms with Crippen molar-refractivity contribution < 1.29 is 0 Å². The van der Waals surface area contributed by atoms with Crippen molar-refractivity contribution >= 4 is 5.82 Å². The van der Waals surface area contributed by atoms with Gasteiger partial charge in [-0.15, -0.1) is 5.10 Å². The Morgan fingerprint density at radius 2 is 1.80 bits per heavy atom. The summed E-state index contributed by atoms with van der Waals surface area (Å²) < 4.78 is 0. The fraction of sp³-hybridized carbons (Fsp3) is 0.500. The maximum absolute atomic E-state index is 4.35. The second-order valence-electron chi connectivity index (χ2n) is 7.37. The van der Waals surface area contributed by atoms with Crippen LogP contribution in [0.15, 0.2) is 36.4 Å². The van der Waals surface area contributed by atoms with Gasteiger partial charge in [-0.1, -0.05) is 24.3 Å². The van der Waals surface area contributed by atoms with Gasteiger partial charge < -0.3 is 4.90 Å². The van der Waals surface area contributed by atoms with Gasteiger partial charge in [0, 0.05) is 31.6 Å². The van der Waals surface area contributed by atoms with Gasteiger partial charge in [-0.05, 0) is 55.9 Å². The molecule has 0 spiro atoms. The molecule has 0 amide bonds. The largest absolute Gasteiger partial charge is 0.355 e. The maximum atomic E-state index is 4.35. The molecule has 2 aliphatic heterocycles. The fourth-order valence-corrected chi connectivity index (χ4v) is 4.32. The first-order chi connectivity index (χ1) is 12.2. The Bertz CT molecular complexity index is 706. The Kier molecular flexibility index (Phi) is 4.68. The highest BCUT2D eigenvalue weighted by atomic mass is 15.4. The molecule has 0 aliphatic carbocycles. The third kappa shape index (κ3) is 3.39. The Morgan fingerprint density at radius 1 is 1.00 bits per heavy atom. The Morgan fingerprint density at radius 3 is 2.52 bits per heavy atom.